The van der Waals surface area contributed by atoms with Gasteiger partial charge in [0.25, 0.3) is 0 Å². The van der Waals surface area contributed by atoms with Crippen molar-refractivity contribution >= 4 is 12.4 Å². The number of carbonyl (C=O) groups is 2. The zero-order valence-corrected chi connectivity index (χ0v) is 11.2. The molecule has 0 atom stereocenters. The lowest BCUT2D eigenvalue weighted by Gasteiger charge is -2.18. The predicted molar refractivity (Wildman–Crippen MR) is 70.7 cm³/mol. The molecule has 0 radical (unpaired) electrons. The zero-order chi connectivity index (χ0) is 14.3. The molecular weight excluding hydrogens is 244 g/mol. The Labute approximate surface area is 112 Å². The van der Waals surface area contributed by atoms with E-state index in [-0.39, 0.29) is 6.54 Å². The molecule has 1 heterocycles. The summed E-state index contributed by atoms with van der Waals surface area (Å²) in [4.78, 5) is 25.7. The Balaban J connectivity index is 2.47. The summed E-state index contributed by atoms with van der Waals surface area (Å²) in [6.45, 7) is 5.53. The minimum absolute atomic E-state index is 0.167. The van der Waals surface area contributed by atoms with Gasteiger partial charge in [-0.15, -0.1) is 0 Å². The van der Waals surface area contributed by atoms with Gasteiger partial charge >= 0.3 is 6.09 Å². The molecule has 0 aliphatic carbocycles. The summed E-state index contributed by atoms with van der Waals surface area (Å²) in [5.41, 5.74) is 0.558. The summed E-state index contributed by atoms with van der Waals surface area (Å²) in [7, 11) is 0. The molecule has 0 spiro atoms. The van der Waals surface area contributed by atoms with Crippen molar-refractivity contribution in [2.24, 2.45) is 0 Å². The van der Waals surface area contributed by atoms with Crippen LogP contribution in [-0.2, 0) is 4.74 Å². The number of aromatic nitrogens is 1. The van der Waals surface area contributed by atoms with Gasteiger partial charge in [-0.25, -0.2) is 4.79 Å². The molecule has 0 aliphatic heterocycles. The molecule has 0 saturated heterocycles. The fourth-order valence-corrected chi connectivity index (χ4v) is 1.17. The van der Waals surface area contributed by atoms with Crippen LogP contribution in [0.5, 0.6) is 0 Å². The molecule has 0 unspecified atom stereocenters. The molecule has 1 amide bonds. The van der Waals surface area contributed by atoms with Gasteiger partial charge in [0, 0.05) is 23.5 Å². The minimum atomic E-state index is -0.528. The quantitative estimate of drug-likeness (QED) is 0.650. The van der Waals surface area contributed by atoms with Crippen LogP contribution < -0.4 is 5.32 Å². The van der Waals surface area contributed by atoms with E-state index in [4.69, 9.17) is 4.74 Å². The molecule has 1 aromatic heterocycles. The second-order valence-electron chi connectivity index (χ2n) is 4.78. The molecule has 1 rings (SSSR count). The van der Waals surface area contributed by atoms with Crippen LogP contribution in [-0.4, -0.2) is 29.5 Å². The van der Waals surface area contributed by atoms with Crippen LogP contribution in [0.25, 0.3) is 0 Å². The third-order valence-electron chi connectivity index (χ3n) is 1.85. The van der Waals surface area contributed by atoms with Crippen LogP contribution >= 0.6 is 0 Å². The molecule has 19 heavy (non-hydrogen) atoms. The van der Waals surface area contributed by atoms with Crippen LogP contribution in [0.3, 0.4) is 0 Å². The third-order valence-corrected chi connectivity index (χ3v) is 1.85. The monoisotopic (exact) mass is 260 g/mol. The summed E-state index contributed by atoms with van der Waals surface area (Å²) < 4.78 is 5.05. The maximum absolute atomic E-state index is 11.3. The SMILES string of the molecule is CC(C)(C)OC(=O)NCC#Cc1cncc(C=O)c1. The number of hydrogen-bond acceptors (Lipinski definition) is 4. The van der Waals surface area contributed by atoms with E-state index in [2.05, 4.69) is 22.1 Å². The number of alkyl carbamates (subject to hydrolysis) is 1. The average Bonchev–Trinajstić information content (AvgIpc) is 2.33. The maximum Gasteiger partial charge on any atom is 0.408 e. The van der Waals surface area contributed by atoms with Gasteiger partial charge in [-0.1, -0.05) is 11.8 Å². The van der Waals surface area contributed by atoms with E-state index in [0.717, 1.165) is 0 Å². The molecule has 0 fully saturated rings. The van der Waals surface area contributed by atoms with E-state index in [0.29, 0.717) is 17.4 Å². The van der Waals surface area contributed by atoms with Crippen molar-refractivity contribution in [2.75, 3.05) is 6.54 Å². The smallest absolute Gasteiger partial charge is 0.408 e. The maximum atomic E-state index is 11.3. The second-order valence-corrected chi connectivity index (χ2v) is 4.78. The van der Waals surface area contributed by atoms with Gasteiger partial charge < -0.3 is 10.1 Å². The lowest BCUT2D eigenvalue weighted by Crippen LogP contribution is -2.32. The number of carbonyl (C=O) groups excluding carboxylic acids is 2. The topological polar surface area (TPSA) is 68.3 Å². The molecule has 1 aromatic rings. The fourth-order valence-electron chi connectivity index (χ4n) is 1.17. The number of hydrogen-bond donors (Lipinski definition) is 1. The molecular formula is C14H16N2O3. The zero-order valence-electron chi connectivity index (χ0n) is 11.2. The van der Waals surface area contributed by atoms with Crippen LogP contribution in [0.1, 0.15) is 36.7 Å². The van der Waals surface area contributed by atoms with E-state index in [1.165, 1.54) is 6.20 Å². The van der Waals surface area contributed by atoms with Gasteiger partial charge in [-0.3, -0.25) is 9.78 Å². The normalized spacial score (nSPS) is 10.1. The van der Waals surface area contributed by atoms with Gasteiger partial charge in [0.2, 0.25) is 0 Å². The second kappa shape index (κ2) is 6.55. The number of pyridine rings is 1. The first-order valence-corrected chi connectivity index (χ1v) is 5.76. The van der Waals surface area contributed by atoms with Crippen molar-refractivity contribution in [3.05, 3.63) is 29.6 Å². The molecule has 5 heteroatoms. The molecule has 100 valence electrons. The van der Waals surface area contributed by atoms with Crippen LogP contribution in [0, 0.1) is 11.8 Å². The average molecular weight is 260 g/mol. The highest BCUT2D eigenvalue weighted by Gasteiger charge is 2.14. The van der Waals surface area contributed by atoms with E-state index < -0.39 is 11.7 Å². The molecule has 0 saturated carbocycles. The Morgan fingerprint density at radius 3 is 2.84 bits per heavy atom. The first kappa shape index (κ1) is 14.7. The Bertz CT molecular complexity index is 521. The van der Waals surface area contributed by atoms with Crippen molar-refractivity contribution < 1.29 is 14.3 Å². The lowest BCUT2D eigenvalue weighted by molar-refractivity contribution is 0.0535. The van der Waals surface area contributed by atoms with Crippen molar-refractivity contribution in [3.63, 3.8) is 0 Å². The Morgan fingerprint density at radius 2 is 2.21 bits per heavy atom. The van der Waals surface area contributed by atoms with Crippen LogP contribution in [0.2, 0.25) is 0 Å². The van der Waals surface area contributed by atoms with Gasteiger partial charge in [-0.2, -0.15) is 0 Å². The fraction of sp³-hybridized carbons (Fsp3) is 0.357. The Kier molecular flexibility index (Phi) is 5.07. The van der Waals surface area contributed by atoms with E-state index in [9.17, 15) is 9.59 Å². The predicted octanol–water partition coefficient (Wildman–Crippen LogP) is 1.77. The number of nitrogens with one attached hydrogen (secondary N) is 1. The summed E-state index contributed by atoms with van der Waals surface area (Å²) >= 11 is 0. The molecule has 0 aliphatic rings. The Morgan fingerprint density at radius 1 is 1.47 bits per heavy atom. The lowest BCUT2D eigenvalue weighted by atomic mass is 10.2. The third kappa shape index (κ3) is 6.22. The van der Waals surface area contributed by atoms with Gasteiger partial charge in [0.15, 0.2) is 6.29 Å². The minimum Gasteiger partial charge on any atom is -0.444 e. The number of nitrogens with zero attached hydrogens (tertiary/aromatic N) is 1. The van der Waals surface area contributed by atoms with Crippen LogP contribution in [0.15, 0.2) is 18.5 Å². The van der Waals surface area contributed by atoms with Gasteiger partial charge in [0.05, 0.1) is 6.54 Å². The standard InChI is InChI=1S/C14H16N2O3/c1-14(2,3)19-13(18)16-6-4-5-11-7-12(10-17)9-15-8-11/h7-10H,6H2,1-3H3,(H,16,18). The first-order chi connectivity index (χ1) is 8.90. The Hall–Kier alpha value is -2.35. The van der Waals surface area contributed by atoms with Gasteiger partial charge in [-0.05, 0) is 26.8 Å². The van der Waals surface area contributed by atoms with E-state index >= 15 is 0 Å². The number of aldehydes is 1. The largest absolute Gasteiger partial charge is 0.444 e. The molecule has 0 bridgehead atoms. The van der Waals surface area contributed by atoms with Crippen molar-refractivity contribution in [3.8, 4) is 11.8 Å². The van der Waals surface area contributed by atoms with Crippen molar-refractivity contribution in [1.82, 2.24) is 10.3 Å². The highest BCUT2D eigenvalue weighted by Crippen LogP contribution is 2.06. The highest BCUT2D eigenvalue weighted by molar-refractivity contribution is 5.74. The number of amides is 1. The number of rotatable bonds is 2. The highest BCUT2D eigenvalue weighted by atomic mass is 16.6. The number of ether oxygens (including phenoxy) is 1. The summed E-state index contributed by atoms with van der Waals surface area (Å²) in [6.07, 6.45) is 3.20. The van der Waals surface area contributed by atoms with Gasteiger partial charge in [0.1, 0.15) is 5.60 Å². The summed E-state index contributed by atoms with van der Waals surface area (Å²) in [5.74, 6) is 5.55. The van der Waals surface area contributed by atoms with Crippen molar-refractivity contribution in [2.45, 2.75) is 26.4 Å². The van der Waals surface area contributed by atoms with E-state index in [1.807, 2.05) is 0 Å². The molecule has 5 nitrogen and oxygen atoms in total. The van der Waals surface area contributed by atoms with Crippen LogP contribution in [0.4, 0.5) is 4.79 Å². The van der Waals surface area contributed by atoms with Crippen molar-refractivity contribution in [1.29, 1.82) is 0 Å². The first-order valence-electron chi connectivity index (χ1n) is 5.76. The molecule has 0 aromatic carbocycles. The molecule has 1 N–H and O–H groups in total. The summed E-state index contributed by atoms with van der Waals surface area (Å²) in [6, 6.07) is 1.63. The van der Waals surface area contributed by atoms with E-state index in [1.54, 1.807) is 33.0 Å². The summed E-state index contributed by atoms with van der Waals surface area (Å²) in [5, 5.41) is 2.51.